The van der Waals surface area contributed by atoms with Gasteiger partial charge in [0.05, 0.1) is 18.5 Å². The Morgan fingerprint density at radius 3 is 2.83 bits per heavy atom. The molecule has 1 fully saturated rings. The van der Waals surface area contributed by atoms with Crippen LogP contribution in [0.4, 0.5) is 0 Å². The van der Waals surface area contributed by atoms with Crippen molar-refractivity contribution in [2.75, 3.05) is 13.1 Å². The topological polar surface area (TPSA) is 64.3 Å². The zero-order valence-electron chi connectivity index (χ0n) is 7.03. The van der Waals surface area contributed by atoms with Crippen molar-refractivity contribution in [2.45, 2.75) is 19.4 Å². The summed E-state index contributed by atoms with van der Waals surface area (Å²) in [5, 5.41) is 17.0. The van der Waals surface area contributed by atoms with Crippen LogP contribution in [0.1, 0.15) is 13.3 Å². The molecule has 1 saturated heterocycles. The van der Waals surface area contributed by atoms with E-state index in [-0.39, 0.29) is 18.4 Å². The van der Waals surface area contributed by atoms with Crippen molar-refractivity contribution >= 4 is 5.97 Å². The van der Waals surface area contributed by atoms with Gasteiger partial charge in [0.1, 0.15) is 0 Å². The Balaban J connectivity index is 2.21. The smallest absolute Gasteiger partial charge is 0.303 e. The van der Waals surface area contributed by atoms with E-state index in [1.165, 1.54) is 0 Å². The second kappa shape index (κ2) is 3.55. The molecule has 0 aromatic carbocycles. The lowest BCUT2D eigenvalue weighted by Crippen LogP contribution is -2.51. The molecule has 1 atom stereocenters. The van der Waals surface area contributed by atoms with Gasteiger partial charge in [0.15, 0.2) is 0 Å². The van der Waals surface area contributed by atoms with Gasteiger partial charge in [-0.3, -0.25) is 9.69 Å². The standard InChI is InChI=1S/C8H12N2O2/c1-6(3-9)10-4-7(5-10)2-8(11)12/h6-7H,2,4-5H2,1H3,(H,11,12). The number of aliphatic carboxylic acids is 1. The molecule has 0 aliphatic carbocycles. The number of carboxylic acids is 1. The van der Waals surface area contributed by atoms with Crippen LogP contribution in [-0.4, -0.2) is 35.1 Å². The molecule has 1 aliphatic rings. The van der Waals surface area contributed by atoms with Gasteiger partial charge in [0.25, 0.3) is 0 Å². The molecule has 66 valence electrons. The third-order valence-electron chi connectivity index (χ3n) is 2.18. The van der Waals surface area contributed by atoms with Crippen molar-refractivity contribution in [3.8, 4) is 6.07 Å². The largest absolute Gasteiger partial charge is 0.481 e. The van der Waals surface area contributed by atoms with Crippen molar-refractivity contribution < 1.29 is 9.90 Å². The van der Waals surface area contributed by atoms with Crippen molar-refractivity contribution in [3.05, 3.63) is 0 Å². The highest BCUT2D eigenvalue weighted by Gasteiger charge is 2.31. The van der Waals surface area contributed by atoms with Crippen LogP contribution in [0.3, 0.4) is 0 Å². The summed E-state index contributed by atoms with van der Waals surface area (Å²) < 4.78 is 0. The summed E-state index contributed by atoms with van der Waals surface area (Å²) in [7, 11) is 0. The van der Waals surface area contributed by atoms with Gasteiger partial charge in [-0.05, 0) is 12.8 Å². The van der Waals surface area contributed by atoms with E-state index in [2.05, 4.69) is 6.07 Å². The minimum absolute atomic E-state index is 0.0740. The first-order valence-electron chi connectivity index (χ1n) is 3.99. The van der Waals surface area contributed by atoms with Gasteiger partial charge >= 0.3 is 5.97 Å². The van der Waals surface area contributed by atoms with Crippen LogP contribution in [-0.2, 0) is 4.79 Å². The number of hydrogen-bond donors (Lipinski definition) is 1. The molecular weight excluding hydrogens is 156 g/mol. The Hall–Kier alpha value is -1.08. The highest BCUT2D eigenvalue weighted by molar-refractivity contribution is 5.67. The highest BCUT2D eigenvalue weighted by atomic mass is 16.4. The average Bonchev–Trinajstić information content (AvgIpc) is 1.94. The SMILES string of the molecule is CC(C#N)N1CC(CC(=O)O)C1. The Kier molecular flexibility index (Phi) is 2.66. The normalized spacial score (nSPS) is 21.0. The molecule has 0 aromatic heterocycles. The summed E-state index contributed by atoms with van der Waals surface area (Å²) in [5.74, 6) is -0.498. The number of nitriles is 1. The third kappa shape index (κ3) is 1.95. The summed E-state index contributed by atoms with van der Waals surface area (Å²) in [6.07, 6.45) is 0.231. The van der Waals surface area contributed by atoms with Crippen LogP contribution >= 0.6 is 0 Å². The van der Waals surface area contributed by atoms with E-state index < -0.39 is 5.97 Å². The van der Waals surface area contributed by atoms with E-state index in [0.717, 1.165) is 13.1 Å². The molecule has 4 nitrogen and oxygen atoms in total. The van der Waals surface area contributed by atoms with Gasteiger partial charge < -0.3 is 5.11 Å². The van der Waals surface area contributed by atoms with Crippen LogP contribution in [0.25, 0.3) is 0 Å². The summed E-state index contributed by atoms with van der Waals surface area (Å²) >= 11 is 0. The van der Waals surface area contributed by atoms with Gasteiger partial charge in [0.2, 0.25) is 0 Å². The fraction of sp³-hybridized carbons (Fsp3) is 0.750. The second-order valence-electron chi connectivity index (χ2n) is 3.22. The van der Waals surface area contributed by atoms with E-state index >= 15 is 0 Å². The summed E-state index contributed by atoms with van der Waals surface area (Å²) in [4.78, 5) is 12.2. The Morgan fingerprint density at radius 1 is 1.83 bits per heavy atom. The maximum absolute atomic E-state index is 10.3. The molecular formula is C8H12N2O2. The van der Waals surface area contributed by atoms with Crippen LogP contribution < -0.4 is 0 Å². The number of likely N-dealkylation sites (tertiary alicyclic amines) is 1. The van der Waals surface area contributed by atoms with Gasteiger partial charge in [-0.25, -0.2) is 0 Å². The fourth-order valence-corrected chi connectivity index (χ4v) is 1.38. The van der Waals surface area contributed by atoms with Crippen LogP contribution in [0.15, 0.2) is 0 Å². The van der Waals surface area contributed by atoms with Crippen LogP contribution in [0.2, 0.25) is 0 Å². The lowest BCUT2D eigenvalue weighted by molar-refractivity contribution is -0.139. The zero-order valence-corrected chi connectivity index (χ0v) is 7.03. The second-order valence-corrected chi connectivity index (χ2v) is 3.22. The van der Waals surface area contributed by atoms with Crippen molar-refractivity contribution in [2.24, 2.45) is 5.92 Å². The van der Waals surface area contributed by atoms with Crippen LogP contribution in [0, 0.1) is 17.2 Å². The number of rotatable bonds is 3. The van der Waals surface area contributed by atoms with Gasteiger partial charge in [0, 0.05) is 13.1 Å². The van der Waals surface area contributed by atoms with E-state index in [4.69, 9.17) is 10.4 Å². The third-order valence-corrected chi connectivity index (χ3v) is 2.18. The molecule has 1 N–H and O–H groups in total. The lowest BCUT2D eigenvalue weighted by Gasteiger charge is -2.40. The van der Waals surface area contributed by atoms with Gasteiger partial charge in [-0.15, -0.1) is 0 Å². The molecule has 1 heterocycles. The lowest BCUT2D eigenvalue weighted by atomic mass is 9.95. The molecule has 1 unspecified atom stereocenters. The molecule has 4 heteroatoms. The zero-order chi connectivity index (χ0) is 9.14. The minimum atomic E-state index is -0.746. The first-order chi connectivity index (χ1) is 5.63. The molecule has 0 radical (unpaired) electrons. The Morgan fingerprint density at radius 2 is 2.42 bits per heavy atom. The fourth-order valence-electron chi connectivity index (χ4n) is 1.38. The van der Waals surface area contributed by atoms with Crippen LogP contribution in [0.5, 0.6) is 0 Å². The predicted molar refractivity (Wildman–Crippen MR) is 42.4 cm³/mol. The highest BCUT2D eigenvalue weighted by Crippen LogP contribution is 2.20. The first kappa shape index (κ1) is 9.01. The molecule has 0 spiro atoms. The monoisotopic (exact) mass is 168 g/mol. The van der Waals surface area contributed by atoms with E-state index in [1.807, 2.05) is 11.8 Å². The van der Waals surface area contributed by atoms with Crippen molar-refractivity contribution in [1.29, 1.82) is 5.26 Å². The predicted octanol–water partition coefficient (Wildman–Crippen LogP) is 0.305. The van der Waals surface area contributed by atoms with E-state index in [0.29, 0.717) is 0 Å². The van der Waals surface area contributed by atoms with Gasteiger partial charge in [-0.1, -0.05) is 0 Å². The van der Waals surface area contributed by atoms with Crippen molar-refractivity contribution in [1.82, 2.24) is 4.90 Å². The maximum atomic E-state index is 10.3. The number of hydrogen-bond acceptors (Lipinski definition) is 3. The quantitative estimate of drug-likeness (QED) is 0.658. The van der Waals surface area contributed by atoms with E-state index in [9.17, 15) is 4.79 Å². The Bertz CT molecular complexity index is 216. The number of carboxylic acid groups (broad SMARTS) is 1. The number of nitrogens with zero attached hydrogens (tertiary/aromatic N) is 2. The average molecular weight is 168 g/mol. The molecule has 1 rings (SSSR count). The molecule has 12 heavy (non-hydrogen) atoms. The summed E-state index contributed by atoms with van der Waals surface area (Å²) in [6, 6.07) is 2.05. The molecule has 0 amide bonds. The van der Waals surface area contributed by atoms with E-state index in [1.54, 1.807) is 0 Å². The molecule has 0 saturated carbocycles. The Labute approximate surface area is 71.4 Å². The van der Waals surface area contributed by atoms with Gasteiger partial charge in [-0.2, -0.15) is 5.26 Å². The molecule has 0 aromatic rings. The summed E-state index contributed by atoms with van der Waals surface area (Å²) in [5.41, 5.74) is 0. The molecule has 0 bridgehead atoms. The minimum Gasteiger partial charge on any atom is -0.481 e. The maximum Gasteiger partial charge on any atom is 0.303 e. The number of carbonyl (C=O) groups is 1. The first-order valence-corrected chi connectivity index (χ1v) is 3.99. The van der Waals surface area contributed by atoms with Crippen molar-refractivity contribution in [3.63, 3.8) is 0 Å². The molecule has 1 aliphatic heterocycles. The summed E-state index contributed by atoms with van der Waals surface area (Å²) in [6.45, 7) is 3.33.